The first-order valence-corrected chi connectivity index (χ1v) is 9.09. The van der Waals surface area contributed by atoms with Gasteiger partial charge in [-0.2, -0.15) is 0 Å². The topological polar surface area (TPSA) is 0 Å². The van der Waals surface area contributed by atoms with E-state index in [2.05, 4.69) is 12.1 Å². The van der Waals surface area contributed by atoms with Crippen molar-refractivity contribution in [3.05, 3.63) is 70.5 Å². The molecule has 2 aromatic carbocycles. The Kier molecular flexibility index (Phi) is 4.47. The summed E-state index contributed by atoms with van der Waals surface area (Å²) in [6, 6.07) is 10.2. The largest absolute Gasteiger partial charge is 0.306 e. The Labute approximate surface area is 154 Å². The molecule has 0 spiro atoms. The van der Waals surface area contributed by atoms with Crippen molar-refractivity contribution in [3.63, 3.8) is 0 Å². The highest BCUT2D eigenvalue weighted by molar-refractivity contribution is 5.23. The van der Waals surface area contributed by atoms with E-state index >= 15 is 0 Å². The van der Waals surface area contributed by atoms with Gasteiger partial charge in [0.05, 0.1) is 5.56 Å². The Morgan fingerprint density at radius 1 is 0.556 bits per heavy atom. The van der Waals surface area contributed by atoms with Crippen molar-refractivity contribution in [2.24, 2.45) is 0 Å². The van der Waals surface area contributed by atoms with Crippen LogP contribution in [0.1, 0.15) is 11.1 Å². The van der Waals surface area contributed by atoms with Gasteiger partial charge in [0.15, 0.2) is 23.3 Å². The SMILES string of the molecule is Fc1c(F)c(F)c(C[N+]23CC[N+](Cc4ccccc4)(CC2)CC3)c(F)c1F. The molecule has 27 heavy (non-hydrogen) atoms. The van der Waals surface area contributed by atoms with Gasteiger partial charge in [0.2, 0.25) is 5.82 Å². The lowest BCUT2D eigenvalue weighted by Gasteiger charge is -2.55. The molecule has 3 saturated heterocycles. The summed E-state index contributed by atoms with van der Waals surface area (Å²) in [6.07, 6.45) is 0. The molecule has 0 saturated carbocycles. The van der Waals surface area contributed by atoms with Crippen LogP contribution >= 0.6 is 0 Å². The van der Waals surface area contributed by atoms with Gasteiger partial charge in [-0.15, -0.1) is 0 Å². The molecular formula is C20H21F5N2+2. The minimum absolute atomic E-state index is 0.156. The second-order valence-corrected chi connectivity index (χ2v) is 7.88. The zero-order valence-corrected chi connectivity index (χ0v) is 14.8. The molecule has 2 aromatic rings. The predicted molar refractivity (Wildman–Crippen MR) is 89.8 cm³/mol. The third-order valence-electron chi connectivity index (χ3n) is 6.30. The Morgan fingerprint density at radius 3 is 1.44 bits per heavy atom. The molecule has 5 rings (SSSR count). The number of hydrogen-bond acceptors (Lipinski definition) is 0. The van der Waals surface area contributed by atoms with Crippen molar-refractivity contribution in [3.8, 4) is 0 Å². The normalized spacial score (nSPS) is 27.1. The van der Waals surface area contributed by atoms with E-state index < -0.39 is 34.6 Å². The number of rotatable bonds is 4. The van der Waals surface area contributed by atoms with Crippen LogP contribution in [0.4, 0.5) is 22.0 Å². The van der Waals surface area contributed by atoms with Crippen LogP contribution in [-0.2, 0) is 13.1 Å². The van der Waals surface area contributed by atoms with E-state index in [9.17, 15) is 22.0 Å². The monoisotopic (exact) mass is 384 g/mol. The maximum absolute atomic E-state index is 14.1. The fourth-order valence-corrected chi connectivity index (χ4v) is 4.51. The predicted octanol–water partition coefficient (Wildman–Crippen LogP) is 3.74. The molecule has 0 aliphatic carbocycles. The lowest BCUT2D eigenvalue weighted by molar-refractivity contribution is -1.09. The van der Waals surface area contributed by atoms with Crippen molar-refractivity contribution in [1.29, 1.82) is 0 Å². The zero-order chi connectivity index (χ0) is 19.2. The molecule has 0 atom stereocenters. The molecule has 0 radical (unpaired) electrons. The van der Waals surface area contributed by atoms with Gasteiger partial charge in [-0.3, -0.25) is 0 Å². The minimum atomic E-state index is -2.09. The van der Waals surface area contributed by atoms with Crippen molar-refractivity contribution in [2.75, 3.05) is 39.3 Å². The number of fused-ring (bicyclic) bond motifs is 3. The molecule has 0 aromatic heterocycles. The van der Waals surface area contributed by atoms with Crippen LogP contribution < -0.4 is 0 Å². The average Bonchev–Trinajstić information content (AvgIpc) is 2.70. The van der Waals surface area contributed by atoms with E-state index in [1.165, 1.54) is 5.56 Å². The van der Waals surface area contributed by atoms with Crippen LogP contribution in [0, 0.1) is 29.1 Å². The summed E-state index contributed by atoms with van der Waals surface area (Å²) in [5.41, 5.74) is 0.565. The van der Waals surface area contributed by atoms with Crippen LogP contribution in [0.25, 0.3) is 0 Å². The van der Waals surface area contributed by atoms with Gasteiger partial charge in [0, 0.05) is 5.56 Å². The Hall–Kier alpha value is -1.99. The lowest BCUT2D eigenvalue weighted by atomic mass is 10.0. The van der Waals surface area contributed by atoms with Crippen LogP contribution in [0.5, 0.6) is 0 Å². The van der Waals surface area contributed by atoms with E-state index in [1.807, 2.05) is 18.2 Å². The molecule has 3 fully saturated rings. The highest BCUT2D eigenvalue weighted by Crippen LogP contribution is 2.33. The number of piperazine rings is 3. The Morgan fingerprint density at radius 2 is 0.963 bits per heavy atom. The summed E-state index contributed by atoms with van der Waals surface area (Å²) in [5, 5.41) is 0. The highest BCUT2D eigenvalue weighted by Gasteiger charge is 2.49. The first-order chi connectivity index (χ1) is 12.8. The first-order valence-electron chi connectivity index (χ1n) is 9.09. The standard InChI is InChI=1S/C20H21F5N2/c21-16-15(17(22)19(24)20(25)18(16)23)13-27-9-6-26(7-10-27,8-11-27)12-14-4-2-1-3-5-14/h1-5H,6-13H2/q+2. The number of benzene rings is 2. The Balaban J connectivity index is 1.54. The van der Waals surface area contributed by atoms with Crippen LogP contribution in [0.3, 0.4) is 0 Å². The molecule has 3 heterocycles. The van der Waals surface area contributed by atoms with Gasteiger partial charge < -0.3 is 8.97 Å². The van der Waals surface area contributed by atoms with Gasteiger partial charge >= 0.3 is 0 Å². The summed E-state index contributed by atoms with van der Waals surface area (Å²) in [4.78, 5) is 0. The summed E-state index contributed by atoms with van der Waals surface area (Å²) < 4.78 is 69.8. The number of quaternary nitrogens is 2. The third-order valence-corrected chi connectivity index (χ3v) is 6.30. The van der Waals surface area contributed by atoms with E-state index in [-0.39, 0.29) is 6.54 Å². The second-order valence-electron chi connectivity index (χ2n) is 7.88. The van der Waals surface area contributed by atoms with Crippen LogP contribution in [0.2, 0.25) is 0 Å². The number of hydrogen-bond donors (Lipinski definition) is 0. The molecule has 2 nitrogen and oxygen atoms in total. The zero-order valence-electron chi connectivity index (χ0n) is 14.8. The second kappa shape index (κ2) is 6.56. The van der Waals surface area contributed by atoms with E-state index in [1.54, 1.807) is 0 Å². The van der Waals surface area contributed by atoms with E-state index in [0.29, 0.717) is 24.1 Å². The lowest BCUT2D eigenvalue weighted by Crippen LogP contribution is -2.74. The summed E-state index contributed by atoms with van der Waals surface area (Å²) >= 11 is 0. The molecule has 3 aliphatic rings. The van der Waals surface area contributed by atoms with Crippen molar-refractivity contribution < 1.29 is 30.9 Å². The fraction of sp³-hybridized carbons (Fsp3) is 0.400. The van der Waals surface area contributed by atoms with Crippen molar-refractivity contribution in [1.82, 2.24) is 0 Å². The van der Waals surface area contributed by atoms with Gasteiger partial charge in [-0.05, 0) is 0 Å². The van der Waals surface area contributed by atoms with E-state index in [4.69, 9.17) is 0 Å². The summed E-state index contributed by atoms with van der Waals surface area (Å²) in [6.45, 7) is 5.28. The number of nitrogens with zero attached hydrogens (tertiary/aromatic N) is 2. The maximum Gasteiger partial charge on any atom is 0.200 e. The Bertz CT molecular complexity index is 815. The van der Waals surface area contributed by atoms with E-state index in [0.717, 1.165) is 30.7 Å². The quantitative estimate of drug-likeness (QED) is 0.326. The number of halogens is 5. The van der Waals surface area contributed by atoms with Gasteiger partial charge in [0.25, 0.3) is 0 Å². The van der Waals surface area contributed by atoms with Gasteiger partial charge in [-0.25, -0.2) is 22.0 Å². The highest BCUT2D eigenvalue weighted by atomic mass is 19.2. The smallest absolute Gasteiger partial charge is 0.200 e. The molecular weight excluding hydrogens is 363 g/mol. The minimum Gasteiger partial charge on any atom is -0.306 e. The van der Waals surface area contributed by atoms with Crippen molar-refractivity contribution in [2.45, 2.75) is 13.1 Å². The van der Waals surface area contributed by atoms with Crippen molar-refractivity contribution >= 4 is 0 Å². The maximum atomic E-state index is 14.1. The van der Waals surface area contributed by atoms with Crippen LogP contribution in [0.15, 0.2) is 30.3 Å². The molecule has 0 amide bonds. The fourth-order valence-electron chi connectivity index (χ4n) is 4.51. The average molecular weight is 384 g/mol. The molecule has 7 heteroatoms. The van der Waals surface area contributed by atoms with Gasteiger partial charge in [0.1, 0.15) is 52.4 Å². The molecule has 0 N–H and O–H groups in total. The van der Waals surface area contributed by atoms with Gasteiger partial charge in [-0.1, -0.05) is 30.3 Å². The first kappa shape index (κ1) is 18.4. The molecule has 0 unspecified atom stereocenters. The summed E-state index contributed by atoms with van der Waals surface area (Å²) in [5.74, 6) is -9.19. The molecule has 3 aliphatic heterocycles. The van der Waals surface area contributed by atoms with Crippen LogP contribution in [-0.4, -0.2) is 48.2 Å². The summed E-state index contributed by atoms with van der Waals surface area (Å²) in [7, 11) is 0. The molecule has 2 bridgehead atoms. The third kappa shape index (κ3) is 3.12. The molecule has 144 valence electrons.